The van der Waals surface area contributed by atoms with Crippen LogP contribution in [-0.2, 0) is 6.54 Å². The number of likely N-dealkylation sites (tertiary alicyclic amines) is 1. The Morgan fingerprint density at radius 2 is 1.89 bits per heavy atom. The Hall–Kier alpha value is -1.91. The van der Waals surface area contributed by atoms with Gasteiger partial charge in [0.1, 0.15) is 11.6 Å². The minimum absolute atomic E-state index is 0.0979. The van der Waals surface area contributed by atoms with Crippen molar-refractivity contribution in [3.63, 3.8) is 0 Å². The van der Waals surface area contributed by atoms with E-state index in [4.69, 9.17) is 0 Å². The van der Waals surface area contributed by atoms with Crippen molar-refractivity contribution in [3.8, 4) is 5.75 Å². The second-order valence-corrected chi connectivity index (χ2v) is 8.58. The summed E-state index contributed by atoms with van der Waals surface area (Å²) in [4.78, 5) is 5.17. The van der Waals surface area contributed by atoms with Crippen LogP contribution in [0.3, 0.4) is 0 Å². The molecule has 2 aromatic carbocycles. The van der Waals surface area contributed by atoms with Crippen molar-refractivity contribution < 1.29 is 9.50 Å². The third-order valence-electron chi connectivity index (χ3n) is 6.97. The highest BCUT2D eigenvalue weighted by Crippen LogP contribution is 2.47. The molecular weight excluding hydrogens is 339 g/mol. The molecule has 27 heavy (non-hydrogen) atoms. The van der Waals surface area contributed by atoms with Crippen molar-refractivity contribution in [1.29, 1.82) is 0 Å². The number of hydrogen-bond acceptors (Lipinski definition) is 3. The van der Waals surface area contributed by atoms with Gasteiger partial charge in [0.25, 0.3) is 0 Å². The van der Waals surface area contributed by atoms with Crippen LogP contribution in [0.25, 0.3) is 0 Å². The van der Waals surface area contributed by atoms with E-state index in [0.29, 0.717) is 36.2 Å². The summed E-state index contributed by atoms with van der Waals surface area (Å²) in [6.07, 6.45) is 2.50. The van der Waals surface area contributed by atoms with Gasteiger partial charge in [0, 0.05) is 36.7 Å². The zero-order valence-corrected chi connectivity index (χ0v) is 15.8. The van der Waals surface area contributed by atoms with Gasteiger partial charge in [0.05, 0.1) is 0 Å². The Morgan fingerprint density at radius 1 is 1.07 bits per heavy atom. The minimum Gasteiger partial charge on any atom is -0.508 e. The van der Waals surface area contributed by atoms with Crippen LogP contribution in [-0.4, -0.2) is 46.6 Å². The topological polar surface area (TPSA) is 26.7 Å². The van der Waals surface area contributed by atoms with E-state index >= 15 is 0 Å². The number of phenols is 1. The molecule has 4 fully saturated rings. The van der Waals surface area contributed by atoms with Crippen LogP contribution in [0.4, 0.5) is 4.39 Å². The van der Waals surface area contributed by atoms with Crippen molar-refractivity contribution in [3.05, 3.63) is 65.0 Å². The molecule has 2 aromatic rings. The predicted octanol–water partition coefficient (Wildman–Crippen LogP) is 3.90. The Morgan fingerprint density at radius 3 is 2.67 bits per heavy atom. The molecule has 4 heteroatoms. The molecule has 1 N–H and O–H groups in total. The molecule has 4 aliphatic heterocycles. The molecule has 0 spiro atoms. The van der Waals surface area contributed by atoms with Crippen molar-refractivity contribution in [2.45, 2.75) is 44.3 Å². The normalized spacial score (nSPS) is 32.6. The lowest BCUT2D eigenvalue weighted by Gasteiger charge is -2.51. The number of aromatic hydroxyl groups is 1. The maximum absolute atomic E-state index is 14.4. The molecule has 0 radical (unpaired) electrons. The third-order valence-corrected chi connectivity index (χ3v) is 6.97. The van der Waals surface area contributed by atoms with E-state index in [1.807, 2.05) is 31.2 Å². The largest absolute Gasteiger partial charge is 0.508 e. The maximum Gasteiger partial charge on any atom is 0.127 e. The highest BCUT2D eigenvalue weighted by atomic mass is 19.1. The molecule has 6 rings (SSSR count). The summed E-state index contributed by atoms with van der Waals surface area (Å²) in [6.45, 7) is 5.98. The van der Waals surface area contributed by atoms with Gasteiger partial charge in [-0.25, -0.2) is 4.39 Å². The number of hydrogen-bond donors (Lipinski definition) is 1. The van der Waals surface area contributed by atoms with Gasteiger partial charge >= 0.3 is 0 Å². The molecule has 0 aromatic heterocycles. The maximum atomic E-state index is 14.4. The summed E-state index contributed by atoms with van der Waals surface area (Å²) in [5.41, 5.74) is 3.13. The van der Waals surface area contributed by atoms with Crippen LogP contribution in [0.15, 0.2) is 42.5 Å². The van der Waals surface area contributed by atoms with Gasteiger partial charge in [-0.15, -0.1) is 0 Å². The lowest BCUT2D eigenvalue weighted by Crippen LogP contribution is -2.60. The standard InChI is InChI=1S/C23H27FN2O/c1-15-5-6-21(24)18(11-15)13-26-14-20(17-3-2-4-19(27)12-17)23-22(26)16-7-9-25(23)10-8-16/h2-6,11-12,16,20,22-23,27H,7-10,13-14H2,1H3/t20-,22+,23+/m0/s1. The molecule has 0 saturated carbocycles. The number of phenolic OH excluding ortho intramolecular Hbond substituents is 1. The first-order valence-corrected chi connectivity index (χ1v) is 10.1. The minimum atomic E-state index is -0.0979. The molecule has 0 aliphatic carbocycles. The molecule has 0 amide bonds. The van der Waals surface area contributed by atoms with Gasteiger partial charge in [0.2, 0.25) is 0 Å². The second-order valence-electron chi connectivity index (χ2n) is 8.58. The number of piperidine rings is 3. The highest BCUT2D eigenvalue weighted by molar-refractivity contribution is 5.34. The molecule has 4 heterocycles. The van der Waals surface area contributed by atoms with Crippen LogP contribution >= 0.6 is 0 Å². The Labute approximate surface area is 160 Å². The molecule has 4 aliphatic rings. The number of rotatable bonds is 3. The van der Waals surface area contributed by atoms with Crippen LogP contribution in [0.5, 0.6) is 5.75 Å². The van der Waals surface area contributed by atoms with Gasteiger partial charge in [-0.3, -0.25) is 9.80 Å². The Balaban J connectivity index is 1.50. The molecule has 3 atom stereocenters. The fourth-order valence-corrected chi connectivity index (χ4v) is 5.81. The fraction of sp³-hybridized carbons (Fsp3) is 0.478. The first kappa shape index (κ1) is 17.2. The first-order chi connectivity index (χ1) is 13.1. The molecule has 142 valence electrons. The van der Waals surface area contributed by atoms with Crippen LogP contribution in [0.2, 0.25) is 0 Å². The average molecular weight is 366 g/mol. The van der Waals surface area contributed by atoms with Crippen molar-refractivity contribution in [1.82, 2.24) is 9.80 Å². The van der Waals surface area contributed by atoms with Crippen molar-refractivity contribution in [2.24, 2.45) is 5.92 Å². The number of halogens is 1. The zero-order valence-electron chi connectivity index (χ0n) is 15.8. The van der Waals surface area contributed by atoms with E-state index in [1.165, 1.54) is 31.5 Å². The zero-order chi connectivity index (χ0) is 18.5. The predicted molar refractivity (Wildman–Crippen MR) is 104 cm³/mol. The molecule has 3 nitrogen and oxygen atoms in total. The third kappa shape index (κ3) is 2.95. The lowest BCUT2D eigenvalue weighted by atomic mass is 9.75. The van der Waals surface area contributed by atoms with Gasteiger partial charge in [-0.05, 0) is 62.5 Å². The number of fused-ring (bicyclic) bond motifs is 2. The first-order valence-electron chi connectivity index (χ1n) is 10.1. The Bertz CT molecular complexity index is 846. The Kier molecular flexibility index (Phi) is 4.21. The number of aryl methyl sites for hydroxylation is 1. The summed E-state index contributed by atoms with van der Waals surface area (Å²) < 4.78 is 14.4. The molecule has 2 bridgehead atoms. The number of nitrogens with zero attached hydrogens (tertiary/aromatic N) is 2. The second kappa shape index (κ2) is 6.61. The smallest absolute Gasteiger partial charge is 0.127 e. The quantitative estimate of drug-likeness (QED) is 0.892. The van der Waals surface area contributed by atoms with E-state index in [-0.39, 0.29) is 5.82 Å². The SMILES string of the molecule is Cc1ccc(F)c(CN2C[C@@H](c3cccc(O)c3)[C@@H]3[C@H]2C2CCN3CC2)c1. The summed E-state index contributed by atoms with van der Waals surface area (Å²) in [7, 11) is 0. The van der Waals surface area contributed by atoms with Crippen LogP contribution in [0, 0.1) is 18.7 Å². The number of benzene rings is 2. The summed E-state index contributed by atoms with van der Waals surface area (Å²) in [6, 6.07) is 14.1. The summed E-state index contributed by atoms with van der Waals surface area (Å²) in [5, 5.41) is 9.99. The van der Waals surface area contributed by atoms with Crippen LogP contribution < -0.4 is 0 Å². The summed E-state index contributed by atoms with van der Waals surface area (Å²) in [5.74, 6) is 1.32. The van der Waals surface area contributed by atoms with E-state index < -0.39 is 0 Å². The average Bonchev–Trinajstić information content (AvgIpc) is 3.07. The van der Waals surface area contributed by atoms with Crippen molar-refractivity contribution >= 4 is 0 Å². The van der Waals surface area contributed by atoms with Gasteiger partial charge in [-0.2, -0.15) is 0 Å². The van der Waals surface area contributed by atoms with Crippen molar-refractivity contribution in [2.75, 3.05) is 19.6 Å². The van der Waals surface area contributed by atoms with E-state index in [1.54, 1.807) is 12.1 Å². The van der Waals surface area contributed by atoms with E-state index in [2.05, 4.69) is 15.9 Å². The van der Waals surface area contributed by atoms with Crippen LogP contribution in [0.1, 0.15) is 35.4 Å². The van der Waals surface area contributed by atoms with E-state index in [0.717, 1.165) is 17.7 Å². The highest BCUT2D eigenvalue weighted by Gasteiger charge is 2.53. The van der Waals surface area contributed by atoms with E-state index in [9.17, 15) is 9.50 Å². The lowest BCUT2D eigenvalue weighted by molar-refractivity contribution is -0.00893. The fourth-order valence-electron chi connectivity index (χ4n) is 5.81. The summed E-state index contributed by atoms with van der Waals surface area (Å²) >= 11 is 0. The van der Waals surface area contributed by atoms with Gasteiger partial charge in [-0.1, -0.05) is 29.8 Å². The molecular formula is C23H27FN2O. The molecule has 4 saturated heterocycles. The van der Waals surface area contributed by atoms with Gasteiger partial charge in [0.15, 0.2) is 0 Å². The monoisotopic (exact) mass is 366 g/mol. The molecule has 0 unspecified atom stereocenters. The van der Waals surface area contributed by atoms with Gasteiger partial charge < -0.3 is 5.11 Å².